The highest BCUT2D eigenvalue weighted by Crippen LogP contribution is 2.27. The zero-order valence-corrected chi connectivity index (χ0v) is 10.3. The summed E-state index contributed by atoms with van der Waals surface area (Å²) in [5.74, 6) is -0.0654. The van der Waals surface area contributed by atoms with Gasteiger partial charge in [0.05, 0.1) is 17.2 Å². The van der Waals surface area contributed by atoms with Gasteiger partial charge in [0.2, 0.25) is 5.91 Å². The molecule has 2 rings (SSSR count). The van der Waals surface area contributed by atoms with Crippen molar-refractivity contribution in [1.29, 1.82) is 5.26 Å². The van der Waals surface area contributed by atoms with Gasteiger partial charge in [0.1, 0.15) is 0 Å². The van der Waals surface area contributed by atoms with Crippen molar-refractivity contribution in [3.05, 3.63) is 35.4 Å². The van der Waals surface area contributed by atoms with Crippen LogP contribution in [0.25, 0.3) is 0 Å². The van der Waals surface area contributed by atoms with E-state index in [4.69, 9.17) is 11.0 Å². The Balaban J connectivity index is 1.91. The first kappa shape index (κ1) is 12.6. The predicted octanol–water partition coefficient (Wildman–Crippen LogP) is 1.45. The number of benzene rings is 1. The number of nitrogens with zero attached hydrogens (tertiary/aromatic N) is 1. The van der Waals surface area contributed by atoms with Crippen LogP contribution in [-0.2, 0) is 11.3 Å². The van der Waals surface area contributed by atoms with Crippen molar-refractivity contribution in [2.75, 3.05) is 0 Å². The molecule has 1 aromatic rings. The van der Waals surface area contributed by atoms with Gasteiger partial charge in [0.25, 0.3) is 0 Å². The molecule has 1 fully saturated rings. The monoisotopic (exact) mass is 243 g/mol. The maximum absolute atomic E-state index is 12.0. The zero-order chi connectivity index (χ0) is 13.0. The molecule has 94 valence electrons. The molecule has 18 heavy (non-hydrogen) atoms. The highest BCUT2D eigenvalue weighted by molar-refractivity contribution is 5.86. The summed E-state index contributed by atoms with van der Waals surface area (Å²) >= 11 is 0. The van der Waals surface area contributed by atoms with Crippen LogP contribution in [0.3, 0.4) is 0 Å². The van der Waals surface area contributed by atoms with Crippen molar-refractivity contribution >= 4 is 5.91 Å². The molecule has 0 spiro atoms. The maximum atomic E-state index is 12.0. The van der Waals surface area contributed by atoms with Gasteiger partial charge in [-0.15, -0.1) is 0 Å². The zero-order valence-electron chi connectivity index (χ0n) is 10.3. The van der Waals surface area contributed by atoms with Crippen LogP contribution in [0.1, 0.15) is 36.8 Å². The van der Waals surface area contributed by atoms with Crippen LogP contribution < -0.4 is 11.1 Å². The first-order valence-corrected chi connectivity index (χ1v) is 6.20. The average molecular weight is 243 g/mol. The van der Waals surface area contributed by atoms with E-state index in [1.807, 2.05) is 12.1 Å². The summed E-state index contributed by atoms with van der Waals surface area (Å²) in [5.41, 5.74) is 6.98. The number of carbonyl (C=O) groups is 1. The van der Waals surface area contributed by atoms with Crippen LogP contribution in [0.2, 0.25) is 0 Å². The number of carbonyl (C=O) groups excluding carboxylic acids is 1. The predicted molar refractivity (Wildman–Crippen MR) is 68.4 cm³/mol. The van der Waals surface area contributed by atoms with Gasteiger partial charge in [-0.3, -0.25) is 4.79 Å². The van der Waals surface area contributed by atoms with E-state index in [9.17, 15) is 4.79 Å². The fraction of sp³-hybridized carbons (Fsp3) is 0.429. The Hall–Kier alpha value is -1.86. The van der Waals surface area contributed by atoms with E-state index in [1.54, 1.807) is 12.1 Å². The molecule has 0 unspecified atom stereocenters. The Kier molecular flexibility index (Phi) is 3.63. The van der Waals surface area contributed by atoms with E-state index < -0.39 is 5.54 Å². The Morgan fingerprint density at radius 1 is 1.33 bits per heavy atom. The number of rotatable bonds is 3. The molecule has 1 aromatic carbocycles. The van der Waals surface area contributed by atoms with Crippen molar-refractivity contribution in [2.45, 2.75) is 37.8 Å². The average Bonchev–Trinajstić information content (AvgIpc) is 2.85. The van der Waals surface area contributed by atoms with Crippen molar-refractivity contribution in [2.24, 2.45) is 5.73 Å². The molecule has 0 atom stereocenters. The highest BCUT2D eigenvalue weighted by Gasteiger charge is 2.36. The van der Waals surface area contributed by atoms with Gasteiger partial charge in [-0.25, -0.2) is 0 Å². The molecule has 0 radical (unpaired) electrons. The van der Waals surface area contributed by atoms with Crippen LogP contribution in [0.5, 0.6) is 0 Å². The molecule has 0 aliphatic heterocycles. The molecule has 0 saturated heterocycles. The minimum Gasteiger partial charge on any atom is -0.350 e. The van der Waals surface area contributed by atoms with E-state index in [0.29, 0.717) is 12.1 Å². The van der Waals surface area contributed by atoms with Crippen LogP contribution in [0.4, 0.5) is 0 Å². The van der Waals surface area contributed by atoms with Crippen LogP contribution in [-0.4, -0.2) is 11.4 Å². The topological polar surface area (TPSA) is 78.9 Å². The Labute approximate surface area is 107 Å². The van der Waals surface area contributed by atoms with Crippen molar-refractivity contribution < 1.29 is 4.79 Å². The molecule has 4 heteroatoms. The number of nitrogens with two attached hydrogens (primary N) is 1. The standard InChI is InChI=1S/C14H17N3O/c15-9-11-3-5-12(6-4-11)10-17-13(18)14(16)7-1-2-8-14/h3-6H,1-2,7-8,10,16H2,(H,17,18). The van der Waals surface area contributed by atoms with Gasteiger partial charge < -0.3 is 11.1 Å². The van der Waals surface area contributed by atoms with E-state index in [-0.39, 0.29) is 5.91 Å². The second kappa shape index (κ2) is 5.19. The van der Waals surface area contributed by atoms with Crippen molar-refractivity contribution in [1.82, 2.24) is 5.32 Å². The number of hydrogen-bond donors (Lipinski definition) is 2. The number of amides is 1. The van der Waals surface area contributed by atoms with Gasteiger partial charge in [-0.1, -0.05) is 25.0 Å². The van der Waals surface area contributed by atoms with Gasteiger partial charge in [0, 0.05) is 6.54 Å². The fourth-order valence-corrected chi connectivity index (χ4v) is 2.29. The lowest BCUT2D eigenvalue weighted by Gasteiger charge is -2.22. The Bertz CT molecular complexity index is 467. The molecule has 3 N–H and O–H groups in total. The third-order valence-electron chi connectivity index (χ3n) is 3.48. The molecule has 0 heterocycles. The lowest BCUT2D eigenvalue weighted by Crippen LogP contribution is -2.51. The third-order valence-corrected chi connectivity index (χ3v) is 3.48. The summed E-state index contributed by atoms with van der Waals surface area (Å²) in [5, 5.41) is 11.6. The van der Waals surface area contributed by atoms with Crippen molar-refractivity contribution in [3.63, 3.8) is 0 Å². The Morgan fingerprint density at radius 2 is 1.94 bits per heavy atom. The van der Waals surface area contributed by atoms with Crippen molar-refractivity contribution in [3.8, 4) is 6.07 Å². The summed E-state index contributed by atoms with van der Waals surface area (Å²) in [7, 11) is 0. The molecule has 1 amide bonds. The number of nitriles is 1. The first-order valence-electron chi connectivity index (χ1n) is 6.20. The fourth-order valence-electron chi connectivity index (χ4n) is 2.29. The molecule has 0 aromatic heterocycles. The highest BCUT2D eigenvalue weighted by atomic mass is 16.2. The Morgan fingerprint density at radius 3 is 2.50 bits per heavy atom. The summed E-state index contributed by atoms with van der Waals surface area (Å²) in [4.78, 5) is 12.0. The lowest BCUT2D eigenvalue weighted by molar-refractivity contribution is -0.126. The van der Waals surface area contributed by atoms with E-state index in [1.165, 1.54) is 0 Å². The SMILES string of the molecule is N#Cc1ccc(CNC(=O)C2(N)CCCC2)cc1. The summed E-state index contributed by atoms with van der Waals surface area (Å²) in [6, 6.07) is 9.24. The second-order valence-electron chi connectivity index (χ2n) is 4.85. The minimum absolute atomic E-state index is 0.0654. The van der Waals surface area contributed by atoms with Crippen LogP contribution in [0.15, 0.2) is 24.3 Å². The molecule has 1 saturated carbocycles. The quantitative estimate of drug-likeness (QED) is 0.843. The maximum Gasteiger partial charge on any atom is 0.240 e. The lowest BCUT2D eigenvalue weighted by atomic mass is 9.98. The van der Waals surface area contributed by atoms with E-state index in [2.05, 4.69) is 11.4 Å². The summed E-state index contributed by atoms with van der Waals surface area (Å²) in [6.45, 7) is 0.462. The van der Waals surface area contributed by atoms with Gasteiger partial charge in [-0.05, 0) is 30.5 Å². The summed E-state index contributed by atoms with van der Waals surface area (Å²) < 4.78 is 0. The van der Waals surface area contributed by atoms with Gasteiger partial charge in [0.15, 0.2) is 0 Å². The molecule has 0 bridgehead atoms. The largest absolute Gasteiger partial charge is 0.350 e. The number of hydrogen-bond acceptors (Lipinski definition) is 3. The normalized spacial score (nSPS) is 17.1. The number of nitrogens with one attached hydrogen (secondary N) is 1. The molecule has 1 aliphatic rings. The smallest absolute Gasteiger partial charge is 0.240 e. The van der Waals surface area contributed by atoms with Gasteiger partial charge in [-0.2, -0.15) is 5.26 Å². The van der Waals surface area contributed by atoms with Crippen LogP contribution in [0, 0.1) is 11.3 Å². The van der Waals surface area contributed by atoms with Crippen LogP contribution >= 0.6 is 0 Å². The summed E-state index contributed by atoms with van der Waals surface area (Å²) in [6.07, 6.45) is 3.60. The van der Waals surface area contributed by atoms with E-state index >= 15 is 0 Å². The first-order chi connectivity index (χ1) is 8.64. The van der Waals surface area contributed by atoms with Gasteiger partial charge >= 0.3 is 0 Å². The molecule has 1 aliphatic carbocycles. The van der Waals surface area contributed by atoms with E-state index in [0.717, 1.165) is 31.2 Å². The third kappa shape index (κ3) is 2.69. The molecular formula is C14H17N3O. The molecule has 4 nitrogen and oxygen atoms in total. The second-order valence-corrected chi connectivity index (χ2v) is 4.85. The molecular weight excluding hydrogens is 226 g/mol. The minimum atomic E-state index is -0.674.